The van der Waals surface area contributed by atoms with E-state index >= 15 is 0 Å². The van der Waals surface area contributed by atoms with Crippen molar-refractivity contribution in [3.8, 4) is 0 Å². The van der Waals surface area contributed by atoms with Gasteiger partial charge in [0.1, 0.15) is 5.82 Å². The second kappa shape index (κ2) is 5.85. The molecule has 4 nitrogen and oxygen atoms in total. The van der Waals surface area contributed by atoms with Crippen LogP contribution in [0.15, 0.2) is 18.3 Å². The Morgan fingerprint density at radius 1 is 1.61 bits per heavy atom. The third-order valence-electron chi connectivity index (χ3n) is 3.29. The van der Waals surface area contributed by atoms with Crippen molar-refractivity contribution in [1.29, 1.82) is 0 Å². The lowest BCUT2D eigenvalue weighted by molar-refractivity contribution is 0.0788. The van der Waals surface area contributed by atoms with E-state index in [1.165, 1.54) is 0 Å². The van der Waals surface area contributed by atoms with E-state index in [0.29, 0.717) is 17.3 Å². The predicted molar refractivity (Wildman–Crippen MR) is 72.7 cm³/mol. The van der Waals surface area contributed by atoms with E-state index in [1.807, 2.05) is 17.0 Å². The minimum atomic E-state index is 0.103. The number of carbonyl (C=O) groups excluding carboxylic acids is 1. The van der Waals surface area contributed by atoms with Crippen LogP contribution in [0.1, 0.15) is 37.0 Å². The maximum absolute atomic E-state index is 12.4. The number of likely N-dealkylation sites (tertiary alicyclic amines) is 1. The van der Waals surface area contributed by atoms with Gasteiger partial charge in [0.2, 0.25) is 0 Å². The van der Waals surface area contributed by atoms with Crippen LogP contribution in [0.2, 0.25) is 0 Å². The second-order valence-electron chi connectivity index (χ2n) is 4.97. The lowest BCUT2D eigenvalue weighted by Crippen LogP contribution is -2.29. The van der Waals surface area contributed by atoms with Crippen LogP contribution < -0.4 is 5.32 Å². The maximum atomic E-state index is 12.4. The minimum absolute atomic E-state index is 0.103. The summed E-state index contributed by atoms with van der Waals surface area (Å²) in [7, 11) is 0. The monoisotopic (exact) mass is 247 g/mol. The number of hydrogen-bond donors (Lipinski definition) is 1. The number of carbonyl (C=O) groups is 1. The van der Waals surface area contributed by atoms with E-state index in [2.05, 4.69) is 24.1 Å². The number of amides is 1. The molecule has 0 saturated carbocycles. The van der Waals surface area contributed by atoms with Crippen molar-refractivity contribution in [2.24, 2.45) is 5.92 Å². The van der Waals surface area contributed by atoms with Crippen LogP contribution in [-0.2, 0) is 0 Å². The molecule has 1 aliphatic rings. The molecule has 4 heteroatoms. The van der Waals surface area contributed by atoms with Crippen molar-refractivity contribution in [1.82, 2.24) is 9.88 Å². The minimum Gasteiger partial charge on any atom is -0.369 e. The SMILES string of the molecule is CCCNc1ncccc1C(=O)N1CCC(C)C1. The second-order valence-corrected chi connectivity index (χ2v) is 4.97. The van der Waals surface area contributed by atoms with Gasteiger partial charge in [0.05, 0.1) is 5.56 Å². The van der Waals surface area contributed by atoms with Crippen LogP contribution in [0.3, 0.4) is 0 Å². The summed E-state index contributed by atoms with van der Waals surface area (Å²) in [6.07, 6.45) is 3.84. The van der Waals surface area contributed by atoms with Gasteiger partial charge in [0.25, 0.3) is 5.91 Å². The topological polar surface area (TPSA) is 45.2 Å². The van der Waals surface area contributed by atoms with Crippen molar-refractivity contribution >= 4 is 11.7 Å². The molecule has 2 heterocycles. The summed E-state index contributed by atoms with van der Waals surface area (Å²) in [6, 6.07) is 3.68. The van der Waals surface area contributed by atoms with Gasteiger partial charge in [-0.1, -0.05) is 13.8 Å². The van der Waals surface area contributed by atoms with Crippen molar-refractivity contribution in [3.05, 3.63) is 23.9 Å². The molecule has 0 radical (unpaired) electrons. The largest absolute Gasteiger partial charge is 0.369 e. The molecule has 0 spiro atoms. The highest BCUT2D eigenvalue weighted by atomic mass is 16.2. The van der Waals surface area contributed by atoms with Crippen molar-refractivity contribution in [2.75, 3.05) is 25.0 Å². The van der Waals surface area contributed by atoms with Crippen LogP contribution in [0.25, 0.3) is 0 Å². The lowest BCUT2D eigenvalue weighted by Gasteiger charge is -2.18. The van der Waals surface area contributed by atoms with Crippen LogP contribution in [-0.4, -0.2) is 35.4 Å². The molecular weight excluding hydrogens is 226 g/mol. The quantitative estimate of drug-likeness (QED) is 0.888. The molecule has 2 rings (SSSR count). The Kier molecular flexibility index (Phi) is 4.18. The average molecular weight is 247 g/mol. The van der Waals surface area contributed by atoms with E-state index in [4.69, 9.17) is 0 Å². The molecule has 0 bridgehead atoms. The van der Waals surface area contributed by atoms with E-state index in [0.717, 1.165) is 32.5 Å². The van der Waals surface area contributed by atoms with Gasteiger partial charge < -0.3 is 10.2 Å². The summed E-state index contributed by atoms with van der Waals surface area (Å²) < 4.78 is 0. The fourth-order valence-electron chi connectivity index (χ4n) is 2.25. The number of nitrogens with one attached hydrogen (secondary N) is 1. The molecule has 18 heavy (non-hydrogen) atoms. The van der Waals surface area contributed by atoms with Gasteiger partial charge in [-0.3, -0.25) is 4.79 Å². The number of anilines is 1. The summed E-state index contributed by atoms with van der Waals surface area (Å²) in [5.74, 6) is 1.42. The van der Waals surface area contributed by atoms with Gasteiger partial charge >= 0.3 is 0 Å². The Labute approximate surface area is 108 Å². The van der Waals surface area contributed by atoms with Crippen molar-refractivity contribution in [3.63, 3.8) is 0 Å². The molecule has 1 atom stereocenters. The highest BCUT2D eigenvalue weighted by Gasteiger charge is 2.25. The molecule has 0 aliphatic carbocycles. The zero-order valence-electron chi connectivity index (χ0n) is 11.1. The molecule has 98 valence electrons. The van der Waals surface area contributed by atoms with E-state index in [1.54, 1.807) is 6.20 Å². The molecule has 1 aromatic heterocycles. The van der Waals surface area contributed by atoms with Crippen LogP contribution in [0.4, 0.5) is 5.82 Å². The van der Waals surface area contributed by atoms with Gasteiger partial charge in [0.15, 0.2) is 0 Å². The third-order valence-corrected chi connectivity index (χ3v) is 3.29. The maximum Gasteiger partial charge on any atom is 0.257 e. The first-order chi connectivity index (χ1) is 8.72. The molecule has 1 fully saturated rings. The Balaban J connectivity index is 2.14. The van der Waals surface area contributed by atoms with E-state index in [-0.39, 0.29) is 5.91 Å². The lowest BCUT2D eigenvalue weighted by atomic mass is 10.2. The van der Waals surface area contributed by atoms with E-state index in [9.17, 15) is 4.79 Å². The number of pyridine rings is 1. The normalized spacial score (nSPS) is 19.0. The standard InChI is InChI=1S/C14H21N3O/c1-3-7-15-13-12(5-4-8-16-13)14(18)17-9-6-11(2)10-17/h4-5,8,11H,3,6-7,9-10H2,1-2H3,(H,15,16). The Morgan fingerprint density at radius 3 is 3.11 bits per heavy atom. The smallest absolute Gasteiger partial charge is 0.257 e. The molecule has 1 saturated heterocycles. The predicted octanol–water partition coefficient (Wildman–Crippen LogP) is 2.39. The summed E-state index contributed by atoms with van der Waals surface area (Å²) in [6.45, 7) is 6.85. The van der Waals surface area contributed by atoms with Crippen molar-refractivity contribution in [2.45, 2.75) is 26.7 Å². The van der Waals surface area contributed by atoms with Crippen LogP contribution in [0, 0.1) is 5.92 Å². The first kappa shape index (κ1) is 12.9. The number of aromatic nitrogens is 1. The molecule has 0 aromatic carbocycles. The molecule has 1 amide bonds. The first-order valence-corrected chi connectivity index (χ1v) is 6.70. The molecule has 1 aliphatic heterocycles. The van der Waals surface area contributed by atoms with Gasteiger partial charge in [-0.2, -0.15) is 0 Å². The molecule has 1 N–H and O–H groups in total. The summed E-state index contributed by atoms with van der Waals surface area (Å²) in [5, 5.41) is 3.22. The molecule has 1 unspecified atom stereocenters. The Bertz CT molecular complexity index is 419. The zero-order chi connectivity index (χ0) is 13.0. The highest BCUT2D eigenvalue weighted by Crippen LogP contribution is 2.20. The van der Waals surface area contributed by atoms with Gasteiger partial charge in [-0.25, -0.2) is 4.98 Å². The fourth-order valence-corrected chi connectivity index (χ4v) is 2.25. The third kappa shape index (κ3) is 2.81. The Hall–Kier alpha value is -1.58. The summed E-state index contributed by atoms with van der Waals surface area (Å²) >= 11 is 0. The van der Waals surface area contributed by atoms with Gasteiger partial charge in [0, 0.05) is 25.8 Å². The van der Waals surface area contributed by atoms with E-state index < -0.39 is 0 Å². The van der Waals surface area contributed by atoms with Gasteiger partial charge in [-0.05, 0) is 30.9 Å². The highest BCUT2D eigenvalue weighted by molar-refractivity contribution is 5.98. The molecule has 1 aromatic rings. The Morgan fingerprint density at radius 2 is 2.44 bits per heavy atom. The van der Waals surface area contributed by atoms with Crippen molar-refractivity contribution < 1.29 is 4.79 Å². The number of hydrogen-bond acceptors (Lipinski definition) is 3. The zero-order valence-corrected chi connectivity index (χ0v) is 11.1. The van der Waals surface area contributed by atoms with Gasteiger partial charge in [-0.15, -0.1) is 0 Å². The first-order valence-electron chi connectivity index (χ1n) is 6.70. The number of nitrogens with zero attached hydrogens (tertiary/aromatic N) is 2. The number of rotatable bonds is 4. The fraction of sp³-hybridized carbons (Fsp3) is 0.571. The van der Waals surface area contributed by atoms with Crippen LogP contribution >= 0.6 is 0 Å². The summed E-state index contributed by atoms with van der Waals surface area (Å²) in [5.41, 5.74) is 0.694. The average Bonchev–Trinajstić information content (AvgIpc) is 2.82. The molecular formula is C14H21N3O. The summed E-state index contributed by atoms with van der Waals surface area (Å²) in [4.78, 5) is 18.6. The van der Waals surface area contributed by atoms with Crippen LogP contribution in [0.5, 0.6) is 0 Å².